The van der Waals surface area contributed by atoms with Crippen LogP contribution in [0.1, 0.15) is 21.7 Å². The molecule has 1 heterocycles. The normalized spacial score (nSPS) is 11.5. The molecule has 0 bridgehead atoms. The molecule has 0 unspecified atom stereocenters. The quantitative estimate of drug-likeness (QED) is 0.652. The molecule has 0 atom stereocenters. The number of carbonyl (C=O) groups is 1. The van der Waals surface area contributed by atoms with Gasteiger partial charge in [0.1, 0.15) is 5.75 Å². The Hall–Kier alpha value is -3.10. The summed E-state index contributed by atoms with van der Waals surface area (Å²) in [7, 11) is 0.954. The Morgan fingerprint density at radius 1 is 1.03 bits per heavy atom. The number of aryl methyl sites for hydroxylation is 1. The van der Waals surface area contributed by atoms with Gasteiger partial charge in [-0.15, -0.1) is 0 Å². The number of carbonyl (C=O) groups excluding carboxylic acids is 1. The molecule has 3 aromatic rings. The lowest BCUT2D eigenvalue weighted by molar-refractivity contribution is 0.102. The Kier molecular flexibility index (Phi) is 6.00. The zero-order chi connectivity index (χ0) is 22.1. The van der Waals surface area contributed by atoms with Gasteiger partial charge in [0.2, 0.25) is 10.0 Å². The third kappa shape index (κ3) is 4.10. The molecule has 0 radical (unpaired) electrons. The molecule has 0 saturated carbocycles. The van der Waals surface area contributed by atoms with E-state index in [4.69, 9.17) is 4.74 Å². The molecule has 2 aromatic carbocycles. The number of methoxy groups -OCH3 is 1. The molecule has 0 fully saturated rings. The summed E-state index contributed by atoms with van der Waals surface area (Å²) < 4.78 is 33.1. The Bertz CT molecular complexity index is 1200. The number of sulfonamides is 1. The van der Waals surface area contributed by atoms with Crippen molar-refractivity contribution in [3.63, 3.8) is 0 Å². The number of rotatable bonds is 6. The van der Waals surface area contributed by atoms with Gasteiger partial charge in [-0.3, -0.25) is 4.79 Å². The maximum absolute atomic E-state index is 12.9. The topological polar surface area (TPSA) is 80.6 Å². The molecular formula is C22H25N3O4S. The Morgan fingerprint density at radius 3 is 2.40 bits per heavy atom. The molecular weight excluding hydrogens is 402 g/mol. The minimum absolute atomic E-state index is 0.118. The number of hydrogen-bond donors (Lipinski definition) is 1. The maximum Gasteiger partial charge on any atom is 0.257 e. The van der Waals surface area contributed by atoms with Gasteiger partial charge in [0.25, 0.3) is 5.91 Å². The molecule has 30 heavy (non-hydrogen) atoms. The van der Waals surface area contributed by atoms with Gasteiger partial charge >= 0.3 is 0 Å². The van der Waals surface area contributed by atoms with Gasteiger partial charge in [-0.25, -0.2) is 12.7 Å². The first-order valence-electron chi connectivity index (χ1n) is 9.32. The Balaban J connectivity index is 1.92. The lowest BCUT2D eigenvalue weighted by atomic mass is 10.2. The number of amides is 1. The van der Waals surface area contributed by atoms with Crippen LogP contribution < -0.4 is 10.1 Å². The smallest absolute Gasteiger partial charge is 0.257 e. The Labute approximate surface area is 176 Å². The minimum atomic E-state index is -3.59. The fourth-order valence-electron chi connectivity index (χ4n) is 3.28. The molecule has 0 aliphatic rings. The first kappa shape index (κ1) is 21.6. The molecule has 7 nitrogen and oxygen atoms in total. The number of aromatic nitrogens is 1. The number of nitrogens with zero attached hydrogens (tertiary/aromatic N) is 2. The van der Waals surface area contributed by atoms with E-state index in [0.717, 1.165) is 27.1 Å². The molecule has 1 amide bonds. The van der Waals surface area contributed by atoms with Gasteiger partial charge in [-0.2, -0.15) is 0 Å². The first-order valence-corrected chi connectivity index (χ1v) is 10.8. The van der Waals surface area contributed by atoms with Crippen molar-refractivity contribution in [1.29, 1.82) is 0 Å². The van der Waals surface area contributed by atoms with Crippen LogP contribution in [0.15, 0.2) is 59.5 Å². The van der Waals surface area contributed by atoms with Gasteiger partial charge in [0.05, 0.1) is 17.6 Å². The predicted octanol–water partition coefficient (Wildman–Crippen LogP) is 3.61. The van der Waals surface area contributed by atoms with E-state index in [1.807, 2.05) is 48.7 Å². The number of nitrogens with one attached hydrogen (secondary N) is 1. The Morgan fingerprint density at radius 2 is 1.73 bits per heavy atom. The largest absolute Gasteiger partial charge is 0.497 e. The molecule has 0 saturated heterocycles. The lowest BCUT2D eigenvalue weighted by Gasteiger charge is -2.13. The SMILES string of the molecule is COc1cccc(-n2c(C)cc(C(=O)Nc3cccc(S(=O)(=O)N(C)C)c3)c2C)c1. The summed E-state index contributed by atoms with van der Waals surface area (Å²) in [6.45, 7) is 3.79. The van der Waals surface area contributed by atoms with Gasteiger partial charge in [-0.05, 0) is 50.2 Å². The van der Waals surface area contributed by atoms with E-state index >= 15 is 0 Å². The molecule has 0 aliphatic carbocycles. The summed E-state index contributed by atoms with van der Waals surface area (Å²) in [4.78, 5) is 13.1. The highest BCUT2D eigenvalue weighted by molar-refractivity contribution is 7.89. The van der Waals surface area contributed by atoms with E-state index in [1.165, 1.54) is 26.2 Å². The second-order valence-electron chi connectivity index (χ2n) is 7.09. The number of hydrogen-bond acceptors (Lipinski definition) is 4. The van der Waals surface area contributed by atoms with E-state index in [2.05, 4.69) is 5.32 Å². The van der Waals surface area contributed by atoms with Gasteiger partial charge in [-0.1, -0.05) is 12.1 Å². The van der Waals surface area contributed by atoms with Crippen LogP contribution in [0.5, 0.6) is 5.75 Å². The second kappa shape index (κ2) is 8.33. The number of benzene rings is 2. The average Bonchev–Trinajstić information content (AvgIpc) is 3.02. The van der Waals surface area contributed by atoms with Crippen LogP contribution in [0, 0.1) is 13.8 Å². The summed E-state index contributed by atoms with van der Waals surface area (Å²) >= 11 is 0. The second-order valence-corrected chi connectivity index (χ2v) is 9.24. The third-order valence-corrected chi connectivity index (χ3v) is 6.67. The van der Waals surface area contributed by atoms with Crippen molar-refractivity contribution >= 4 is 21.6 Å². The van der Waals surface area contributed by atoms with E-state index in [0.29, 0.717) is 11.3 Å². The summed E-state index contributed by atoms with van der Waals surface area (Å²) in [5.41, 5.74) is 3.48. The first-order chi connectivity index (χ1) is 14.1. The van der Waals surface area contributed by atoms with Crippen LogP contribution in [0.3, 0.4) is 0 Å². The van der Waals surface area contributed by atoms with Crippen LogP contribution in [-0.2, 0) is 10.0 Å². The van der Waals surface area contributed by atoms with E-state index in [-0.39, 0.29) is 10.8 Å². The molecule has 3 rings (SSSR count). The lowest BCUT2D eigenvalue weighted by Crippen LogP contribution is -2.22. The summed E-state index contributed by atoms with van der Waals surface area (Å²) in [5.74, 6) is 0.418. The summed E-state index contributed by atoms with van der Waals surface area (Å²) in [5, 5.41) is 2.81. The van der Waals surface area contributed by atoms with Crippen molar-refractivity contribution < 1.29 is 17.9 Å². The molecule has 1 N–H and O–H groups in total. The monoisotopic (exact) mass is 427 g/mol. The number of anilines is 1. The average molecular weight is 428 g/mol. The maximum atomic E-state index is 12.9. The van der Waals surface area contributed by atoms with Gasteiger partial charge in [0, 0.05) is 42.9 Å². The van der Waals surface area contributed by atoms with Crippen molar-refractivity contribution in [2.24, 2.45) is 0 Å². The zero-order valence-corrected chi connectivity index (χ0v) is 18.4. The van der Waals surface area contributed by atoms with E-state index in [9.17, 15) is 13.2 Å². The summed E-state index contributed by atoms with van der Waals surface area (Å²) in [6, 6.07) is 15.6. The van der Waals surface area contributed by atoms with Crippen molar-refractivity contribution in [3.8, 4) is 11.4 Å². The predicted molar refractivity (Wildman–Crippen MR) is 117 cm³/mol. The third-order valence-electron chi connectivity index (χ3n) is 4.86. The highest BCUT2D eigenvalue weighted by atomic mass is 32.2. The van der Waals surface area contributed by atoms with Crippen LogP contribution in [0.25, 0.3) is 5.69 Å². The van der Waals surface area contributed by atoms with Crippen LogP contribution in [0.4, 0.5) is 5.69 Å². The van der Waals surface area contributed by atoms with Crippen molar-refractivity contribution in [1.82, 2.24) is 8.87 Å². The highest BCUT2D eigenvalue weighted by Crippen LogP contribution is 2.25. The van der Waals surface area contributed by atoms with Crippen molar-refractivity contribution in [2.75, 3.05) is 26.5 Å². The van der Waals surface area contributed by atoms with Crippen LogP contribution in [0.2, 0.25) is 0 Å². The van der Waals surface area contributed by atoms with Crippen molar-refractivity contribution in [2.45, 2.75) is 18.7 Å². The fourth-order valence-corrected chi connectivity index (χ4v) is 4.23. The van der Waals surface area contributed by atoms with Gasteiger partial charge in [0.15, 0.2) is 0 Å². The number of ether oxygens (including phenoxy) is 1. The van der Waals surface area contributed by atoms with Crippen LogP contribution in [-0.4, -0.2) is 44.4 Å². The standard InChI is InChI=1S/C22H25N3O4S/c1-15-12-21(16(2)25(15)18-9-7-10-19(14-18)29-5)22(26)23-17-8-6-11-20(13-17)30(27,28)24(3)4/h6-14H,1-5H3,(H,23,26). The molecule has 8 heteroatoms. The molecule has 0 spiro atoms. The minimum Gasteiger partial charge on any atom is -0.497 e. The van der Waals surface area contributed by atoms with Gasteiger partial charge < -0.3 is 14.6 Å². The van der Waals surface area contributed by atoms with E-state index < -0.39 is 10.0 Å². The molecule has 0 aliphatic heterocycles. The van der Waals surface area contributed by atoms with E-state index in [1.54, 1.807) is 19.2 Å². The van der Waals surface area contributed by atoms with Crippen molar-refractivity contribution in [3.05, 3.63) is 71.5 Å². The summed E-state index contributed by atoms with van der Waals surface area (Å²) in [6.07, 6.45) is 0. The molecule has 158 valence electrons. The zero-order valence-electron chi connectivity index (χ0n) is 17.6. The van der Waals surface area contributed by atoms with Crippen LogP contribution >= 0.6 is 0 Å². The highest BCUT2D eigenvalue weighted by Gasteiger charge is 2.20. The fraction of sp³-hybridized carbons (Fsp3) is 0.227. The molecule has 1 aromatic heterocycles.